The van der Waals surface area contributed by atoms with Crippen LogP contribution in [0.5, 0.6) is 0 Å². The molecule has 0 bridgehead atoms. The SMILES string of the molecule is CC1(C)CCCC(c2cccc(C3CCNCC3)c2)C1. The molecule has 110 valence electrons. The van der Waals surface area contributed by atoms with Gasteiger partial charge in [0.25, 0.3) is 0 Å². The quantitative estimate of drug-likeness (QED) is 0.811. The predicted octanol–water partition coefficient (Wildman–Crippen LogP) is 4.84. The van der Waals surface area contributed by atoms with Crippen molar-refractivity contribution in [2.45, 2.75) is 64.2 Å². The number of hydrogen-bond acceptors (Lipinski definition) is 1. The highest BCUT2D eigenvalue weighted by molar-refractivity contribution is 5.30. The molecule has 1 atom stereocenters. The second-order valence-electron chi connectivity index (χ2n) is 7.65. The second-order valence-corrected chi connectivity index (χ2v) is 7.65. The smallest absolute Gasteiger partial charge is 0.00431 e. The predicted molar refractivity (Wildman–Crippen MR) is 86.3 cm³/mol. The molecule has 1 aliphatic carbocycles. The summed E-state index contributed by atoms with van der Waals surface area (Å²) in [4.78, 5) is 0. The highest BCUT2D eigenvalue weighted by Gasteiger charge is 2.29. The maximum absolute atomic E-state index is 3.47. The fourth-order valence-corrected chi connectivity index (χ4v) is 4.20. The van der Waals surface area contributed by atoms with E-state index in [1.807, 2.05) is 0 Å². The molecule has 1 saturated heterocycles. The Hall–Kier alpha value is -0.820. The van der Waals surface area contributed by atoms with Gasteiger partial charge >= 0.3 is 0 Å². The Morgan fingerprint density at radius 3 is 2.40 bits per heavy atom. The Kier molecular flexibility index (Phi) is 4.16. The molecule has 1 aromatic rings. The molecule has 20 heavy (non-hydrogen) atoms. The highest BCUT2D eigenvalue weighted by atomic mass is 14.9. The van der Waals surface area contributed by atoms with Gasteiger partial charge in [0.2, 0.25) is 0 Å². The first-order valence-electron chi connectivity index (χ1n) is 8.45. The standard InChI is InChI=1S/C19H29N/c1-19(2)10-4-7-18(14-19)17-6-3-5-16(13-17)15-8-11-20-12-9-15/h3,5-6,13,15,18,20H,4,7-12,14H2,1-2H3. The van der Waals surface area contributed by atoms with Crippen molar-refractivity contribution < 1.29 is 0 Å². The molecular formula is C19H29N. The van der Waals surface area contributed by atoms with Crippen LogP contribution in [0.3, 0.4) is 0 Å². The van der Waals surface area contributed by atoms with Crippen LogP contribution in [0.1, 0.15) is 75.3 Å². The summed E-state index contributed by atoms with van der Waals surface area (Å²) in [5.74, 6) is 1.58. The lowest BCUT2D eigenvalue weighted by Crippen LogP contribution is -2.26. The van der Waals surface area contributed by atoms with E-state index in [0.29, 0.717) is 5.41 Å². The van der Waals surface area contributed by atoms with Gasteiger partial charge in [-0.15, -0.1) is 0 Å². The first kappa shape index (κ1) is 14.1. The highest BCUT2D eigenvalue weighted by Crippen LogP contribution is 2.43. The molecule has 1 N–H and O–H groups in total. The molecule has 1 saturated carbocycles. The van der Waals surface area contributed by atoms with Gasteiger partial charge < -0.3 is 5.32 Å². The zero-order valence-corrected chi connectivity index (χ0v) is 13.1. The summed E-state index contributed by atoms with van der Waals surface area (Å²) < 4.78 is 0. The van der Waals surface area contributed by atoms with Gasteiger partial charge in [-0.25, -0.2) is 0 Å². The van der Waals surface area contributed by atoms with Crippen molar-refractivity contribution in [2.24, 2.45) is 5.41 Å². The molecule has 1 unspecified atom stereocenters. The van der Waals surface area contributed by atoms with Gasteiger partial charge in [0.1, 0.15) is 0 Å². The summed E-state index contributed by atoms with van der Waals surface area (Å²) in [6.07, 6.45) is 8.16. The minimum atomic E-state index is 0.535. The molecule has 1 heteroatoms. The number of rotatable bonds is 2. The molecule has 2 fully saturated rings. The molecule has 0 amide bonds. The van der Waals surface area contributed by atoms with Crippen LogP contribution in [0, 0.1) is 5.41 Å². The van der Waals surface area contributed by atoms with Crippen LogP contribution in [0.25, 0.3) is 0 Å². The van der Waals surface area contributed by atoms with E-state index in [1.54, 1.807) is 11.1 Å². The van der Waals surface area contributed by atoms with E-state index >= 15 is 0 Å². The third kappa shape index (κ3) is 3.25. The monoisotopic (exact) mass is 271 g/mol. The van der Waals surface area contributed by atoms with E-state index in [2.05, 4.69) is 43.4 Å². The van der Waals surface area contributed by atoms with E-state index in [4.69, 9.17) is 0 Å². The number of benzene rings is 1. The van der Waals surface area contributed by atoms with Gasteiger partial charge in [0.15, 0.2) is 0 Å². The first-order valence-corrected chi connectivity index (χ1v) is 8.45. The maximum atomic E-state index is 3.47. The minimum Gasteiger partial charge on any atom is -0.317 e. The summed E-state index contributed by atoms with van der Waals surface area (Å²) in [6, 6.07) is 9.56. The van der Waals surface area contributed by atoms with Crippen molar-refractivity contribution in [3.8, 4) is 0 Å². The number of hydrogen-bond donors (Lipinski definition) is 1. The molecule has 1 aliphatic heterocycles. The first-order chi connectivity index (χ1) is 9.64. The van der Waals surface area contributed by atoms with Crippen LogP contribution in [-0.2, 0) is 0 Å². The summed E-state index contributed by atoms with van der Waals surface area (Å²) in [5.41, 5.74) is 3.73. The van der Waals surface area contributed by atoms with E-state index in [0.717, 1.165) is 11.8 Å². The van der Waals surface area contributed by atoms with Crippen molar-refractivity contribution in [3.05, 3.63) is 35.4 Å². The van der Waals surface area contributed by atoms with Crippen molar-refractivity contribution in [3.63, 3.8) is 0 Å². The van der Waals surface area contributed by atoms with Crippen LogP contribution in [0.15, 0.2) is 24.3 Å². The van der Waals surface area contributed by atoms with Crippen LogP contribution < -0.4 is 5.32 Å². The maximum Gasteiger partial charge on any atom is -0.00431 e. The average Bonchev–Trinajstić information content (AvgIpc) is 2.47. The molecular weight excluding hydrogens is 242 g/mol. The molecule has 0 aromatic heterocycles. The number of piperidine rings is 1. The topological polar surface area (TPSA) is 12.0 Å². The Balaban J connectivity index is 1.76. The molecule has 1 heterocycles. The van der Waals surface area contributed by atoms with Crippen molar-refractivity contribution in [1.29, 1.82) is 0 Å². The van der Waals surface area contributed by atoms with Crippen molar-refractivity contribution in [1.82, 2.24) is 5.32 Å². The Bertz CT molecular complexity index is 443. The molecule has 0 spiro atoms. The lowest BCUT2D eigenvalue weighted by atomic mass is 9.70. The molecule has 1 aromatic carbocycles. The minimum absolute atomic E-state index is 0.535. The fraction of sp³-hybridized carbons (Fsp3) is 0.684. The third-order valence-electron chi connectivity index (χ3n) is 5.40. The molecule has 1 nitrogen and oxygen atoms in total. The van der Waals surface area contributed by atoms with Gasteiger partial charge in [-0.3, -0.25) is 0 Å². The summed E-state index contributed by atoms with van der Waals surface area (Å²) in [7, 11) is 0. The van der Waals surface area contributed by atoms with Crippen molar-refractivity contribution >= 4 is 0 Å². The van der Waals surface area contributed by atoms with Crippen LogP contribution in [0.4, 0.5) is 0 Å². The number of nitrogens with one attached hydrogen (secondary N) is 1. The Labute approximate surface area is 124 Å². The van der Waals surface area contributed by atoms with Crippen LogP contribution in [-0.4, -0.2) is 13.1 Å². The summed E-state index contributed by atoms with van der Waals surface area (Å²) in [5, 5.41) is 3.47. The summed E-state index contributed by atoms with van der Waals surface area (Å²) >= 11 is 0. The van der Waals surface area contributed by atoms with E-state index in [1.165, 1.54) is 51.6 Å². The van der Waals surface area contributed by atoms with Gasteiger partial charge in [-0.1, -0.05) is 44.5 Å². The lowest BCUT2D eigenvalue weighted by molar-refractivity contribution is 0.219. The largest absolute Gasteiger partial charge is 0.317 e. The molecule has 2 aliphatic rings. The fourth-order valence-electron chi connectivity index (χ4n) is 4.20. The van der Waals surface area contributed by atoms with E-state index in [-0.39, 0.29) is 0 Å². The van der Waals surface area contributed by atoms with Gasteiger partial charge in [0, 0.05) is 0 Å². The zero-order valence-electron chi connectivity index (χ0n) is 13.1. The van der Waals surface area contributed by atoms with Crippen molar-refractivity contribution in [2.75, 3.05) is 13.1 Å². The van der Waals surface area contributed by atoms with E-state index in [9.17, 15) is 0 Å². The van der Waals surface area contributed by atoms with Gasteiger partial charge in [-0.2, -0.15) is 0 Å². The molecule has 0 radical (unpaired) electrons. The average molecular weight is 271 g/mol. The zero-order chi connectivity index (χ0) is 14.0. The second kappa shape index (κ2) is 5.89. The molecule has 3 rings (SSSR count). The van der Waals surface area contributed by atoms with Crippen LogP contribution >= 0.6 is 0 Å². The third-order valence-corrected chi connectivity index (χ3v) is 5.40. The van der Waals surface area contributed by atoms with Gasteiger partial charge in [0.05, 0.1) is 0 Å². The Morgan fingerprint density at radius 1 is 1.00 bits per heavy atom. The normalized spacial score (nSPS) is 27.4. The lowest BCUT2D eigenvalue weighted by Gasteiger charge is -2.36. The summed E-state index contributed by atoms with van der Waals surface area (Å²) in [6.45, 7) is 7.25. The Morgan fingerprint density at radius 2 is 1.70 bits per heavy atom. The van der Waals surface area contributed by atoms with Gasteiger partial charge in [-0.05, 0) is 73.6 Å². The van der Waals surface area contributed by atoms with Crippen LogP contribution in [0.2, 0.25) is 0 Å². The van der Waals surface area contributed by atoms with E-state index < -0.39 is 0 Å².